The molecule has 0 aliphatic heterocycles. The van der Waals surface area contributed by atoms with Crippen molar-refractivity contribution in [3.8, 4) is 0 Å². The lowest BCUT2D eigenvalue weighted by atomic mass is 10.0. The summed E-state index contributed by atoms with van der Waals surface area (Å²) >= 11 is 0. The molecule has 0 saturated heterocycles. The zero-order valence-corrected chi connectivity index (χ0v) is 45.1. The SMILES string of the molecule is CN[C@@H](CCCCNC(=O)CC[C@H](NC(=O)CC[C@H](NC(=O)COCCOCCNC(=O)COCCOCCNC(=O)CC[C@H](NCCCCCCCCCCCCCCCC(=O)O)C(=O)O)C(=O)O)C(=O)O)C(C)=O. The number of ketones is 1. The number of hydrogen-bond acceptors (Lipinski definition) is 16. The minimum atomic E-state index is -1.47. The number of carboxylic acids is 4. The Morgan fingerprint density at radius 1 is 0.368 bits per heavy atom. The van der Waals surface area contributed by atoms with Crippen molar-refractivity contribution in [2.24, 2.45) is 0 Å². The highest BCUT2D eigenvalue weighted by atomic mass is 16.5. The van der Waals surface area contributed by atoms with Gasteiger partial charge >= 0.3 is 23.9 Å². The Morgan fingerprint density at radius 2 is 0.763 bits per heavy atom. The number of nitrogens with one attached hydrogen (secondary N) is 7. The first-order valence-corrected chi connectivity index (χ1v) is 27.0. The van der Waals surface area contributed by atoms with Gasteiger partial charge in [0.1, 0.15) is 37.1 Å². The van der Waals surface area contributed by atoms with Crippen molar-refractivity contribution in [1.29, 1.82) is 0 Å². The van der Waals surface area contributed by atoms with E-state index >= 15 is 0 Å². The van der Waals surface area contributed by atoms with Crippen LogP contribution in [0.15, 0.2) is 0 Å². The van der Waals surface area contributed by atoms with Crippen molar-refractivity contribution < 1.29 is 87.3 Å². The quantitative estimate of drug-likeness (QED) is 0.0387. The number of likely N-dealkylation sites (N-methyl/N-ethyl adjacent to an activating group) is 1. The van der Waals surface area contributed by atoms with Gasteiger partial charge in [-0.25, -0.2) is 9.59 Å². The molecule has 0 unspecified atom stereocenters. The van der Waals surface area contributed by atoms with E-state index in [-0.39, 0.29) is 116 Å². The Hall–Kier alpha value is -5.34. The van der Waals surface area contributed by atoms with Crippen molar-refractivity contribution in [3.63, 3.8) is 0 Å². The van der Waals surface area contributed by atoms with E-state index in [1.54, 1.807) is 7.05 Å². The summed E-state index contributed by atoms with van der Waals surface area (Å²) in [5.41, 5.74) is 0. The molecule has 0 radical (unpaired) electrons. The van der Waals surface area contributed by atoms with E-state index in [4.69, 9.17) is 24.1 Å². The molecule has 0 aromatic heterocycles. The maximum atomic E-state index is 12.5. The van der Waals surface area contributed by atoms with Crippen LogP contribution in [-0.4, -0.2) is 190 Å². The third kappa shape index (κ3) is 43.9. The zero-order valence-electron chi connectivity index (χ0n) is 45.1. The van der Waals surface area contributed by atoms with Crippen LogP contribution < -0.4 is 37.2 Å². The lowest BCUT2D eigenvalue weighted by Gasteiger charge is -2.17. The van der Waals surface area contributed by atoms with Gasteiger partial charge in [0.25, 0.3) is 0 Å². The molecular formula is C51H91N7O18. The third-order valence-corrected chi connectivity index (χ3v) is 11.9. The van der Waals surface area contributed by atoms with Gasteiger partial charge in [-0.05, 0) is 71.9 Å². The fourth-order valence-electron chi connectivity index (χ4n) is 7.55. The molecule has 4 atom stereocenters. The van der Waals surface area contributed by atoms with Crippen molar-refractivity contribution in [3.05, 3.63) is 0 Å². The van der Waals surface area contributed by atoms with Crippen molar-refractivity contribution in [1.82, 2.24) is 37.2 Å². The Kier molecular flexibility index (Phi) is 44.7. The molecule has 0 bridgehead atoms. The van der Waals surface area contributed by atoms with Crippen LogP contribution in [0.2, 0.25) is 0 Å². The summed E-state index contributed by atoms with van der Waals surface area (Å²) in [6.07, 6.45) is 15.4. The van der Waals surface area contributed by atoms with Crippen molar-refractivity contribution >= 4 is 59.2 Å². The smallest absolute Gasteiger partial charge is 0.326 e. The summed E-state index contributed by atoms with van der Waals surface area (Å²) < 4.78 is 21.2. The molecule has 76 heavy (non-hydrogen) atoms. The number of amides is 5. The summed E-state index contributed by atoms with van der Waals surface area (Å²) in [6, 6.07) is -3.94. The van der Waals surface area contributed by atoms with E-state index in [0.29, 0.717) is 32.4 Å². The molecule has 0 spiro atoms. The number of carbonyl (C=O) groups excluding carboxylic acids is 6. The van der Waals surface area contributed by atoms with Crippen LogP contribution in [0, 0.1) is 0 Å². The van der Waals surface area contributed by atoms with Crippen LogP contribution >= 0.6 is 0 Å². The highest BCUT2D eigenvalue weighted by Crippen LogP contribution is 2.13. The monoisotopic (exact) mass is 1090 g/mol. The van der Waals surface area contributed by atoms with Gasteiger partial charge in [-0.2, -0.15) is 0 Å². The second-order valence-electron chi connectivity index (χ2n) is 18.4. The maximum Gasteiger partial charge on any atom is 0.326 e. The van der Waals surface area contributed by atoms with Gasteiger partial charge in [-0.3, -0.25) is 38.4 Å². The van der Waals surface area contributed by atoms with Crippen molar-refractivity contribution in [2.45, 2.75) is 179 Å². The van der Waals surface area contributed by atoms with Gasteiger partial charge < -0.3 is 76.6 Å². The molecule has 0 aromatic carbocycles. The van der Waals surface area contributed by atoms with Crippen molar-refractivity contribution in [2.75, 3.05) is 86.1 Å². The second-order valence-corrected chi connectivity index (χ2v) is 18.4. The molecule has 0 fully saturated rings. The van der Waals surface area contributed by atoms with Crippen LogP contribution in [0.4, 0.5) is 0 Å². The Balaban J connectivity index is 3.93. The molecule has 25 heteroatoms. The van der Waals surface area contributed by atoms with Crippen LogP contribution in [0.3, 0.4) is 0 Å². The molecule has 11 N–H and O–H groups in total. The first-order valence-electron chi connectivity index (χ1n) is 27.0. The molecule has 0 aromatic rings. The van der Waals surface area contributed by atoms with Crippen LogP contribution in [0.5, 0.6) is 0 Å². The standard InChI is InChI=1S/C51H91N7O18/c1-38(59)39(52-2)18-15-17-27-54-43(60)24-21-41(50(69)70)57-45(62)25-22-42(51(71)72)58-47(64)37-76-35-33-74-31-29-56-46(63)36-75-34-32-73-30-28-55-44(61)23-20-40(49(67)68)53-26-16-13-11-9-7-5-3-4-6-8-10-12-14-19-48(65)66/h39-42,52-53H,3-37H2,1-2H3,(H,54,60)(H,55,61)(H,56,63)(H,57,62)(H,58,64)(H,65,66)(H,67,68)(H,69,70)(H,71,72)/t39-,40-,41-,42-/m0/s1. The number of carbonyl (C=O) groups is 10. The molecular weight excluding hydrogens is 999 g/mol. The summed E-state index contributed by atoms with van der Waals surface area (Å²) in [6.45, 7) is 2.69. The predicted octanol–water partition coefficient (Wildman–Crippen LogP) is 1.82. The van der Waals surface area contributed by atoms with Crippen LogP contribution in [-0.2, 0) is 66.9 Å². The van der Waals surface area contributed by atoms with Crippen LogP contribution in [0.25, 0.3) is 0 Å². The Morgan fingerprint density at radius 3 is 1.24 bits per heavy atom. The summed E-state index contributed by atoms with van der Waals surface area (Å²) in [5, 5.41) is 55.7. The average molecular weight is 1090 g/mol. The van der Waals surface area contributed by atoms with E-state index in [2.05, 4.69) is 37.2 Å². The molecule has 0 aliphatic carbocycles. The number of carboxylic acid groups (broad SMARTS) is 4. The number of aliphatic carboxylic acids is 4. The van der Waals surface area contributed by atoms with E-state index in [1.165, 1.54) is 45.4 Å². The number of Topliss-reactive ketones (excluding diaryl/α,β-unsaturated/α-hetero) is 1. The number of ether oxygens (including phenoxy) is 4. The highest BCUT2D eigenvalue weighted by molar-refractivity contribution is 5.87. The van der Waals surface area contributed by atoms with Gasteiger partial charge in [0, 0.05) is 45.3 Å². The first-order chi connectivity index (χ1) is 36.5. The van der Waals surface area contributed by atoms with Gasteiger partial charge in [-0.1, -0.05) is 70.6 Å². The predicted molar refractivity (Wildman–Crippen MR) is 278 cm³/mol. The molecule has 5 amide bonds. The fraction of sp³-hybridized carbons (Fsp3) is 0.804. The summed E-state index contributed by atoms with van der Waals surface area (Å²) in [5.74, 6) is -7.14. The highest BCUT2D eigenvalue weighted by Gasteiger charge is 2.25. The second kappa shape index (κ2) is 48.1. The minimum absolute atomic E-state index is 0.0193. The van der Waals surface area contributed by atoms with E-state index in [0.717, 1.165) is 44.9 Å². The Bertz CT molecular complexity index is 1680. The number of hydrogen-bond donors (Lipinski definition) is 11. The average Bonchev–Trinajstić information content (AvgIpc) is 3.36. The van der Waals surface area contributed by atoms with E-state index in [1.807, 2.05) is 0 Å². The lowest BCUT2D eigenvalue weighted by molar-refractivity contribution is -0.144. The molecule has 0 rings (SSSR count). The zero-order chi connectivity index (χ0) is 56.6. The maximum absolute atomic E-state index is 12.5. The molecule has 438 valence electrons. The van der Waals surface area contributed by atoms with E-state index in [9.17, 15) is 63.3 Å². The summed E-state index contributed by atoms with van der Waals surface area (Å²) in [4.78, 5) is 118. The summed E-state index contributed by atoms with van der Waals surface area (Å²) in [7, 11) is 1.69. The lowest BCUT2D eigenvalue weighted by Crippen LogP contribution is -2.45. The van der Waals surface area contributed by atoms with Gasteiger partial charge in [0.2, 0.25) is 29.5 Å². The van der Waals surface area contributed by atoms with E-state index < -0.39 is 78.7 Å². The molecule has 25 nitrogen and oxygen atoms in total. The molecule has 0 saturated carbocycles. The number of unbranched alkanes of at least 4 members (excludes halogenated alkanes) is 13. The molecule has 0 aliphatic rings. The fourth-order valence-corrected chi connectivity index (χ4v) is 7.55. The third-order valence-electron chi connectivity index (χ3n) is 11.9. The molecule has 0 heterocycles. The minimum Gasteiger partial charge on any atom is -0.481 e. The van der Waals surface area contributed by atoms with Crippen LogP contribution in [0.1, 0.15) is 155 Å². The number of rotatable bonds is 54. The Labute approximate surface area is 447 Å². The normalized spacial score (nSPS) is 12.7. The topological polar surface area (TPSA) is 373 Å². The van der Waals surface area contributed by atoms with Gasteiger partial charge in [0.15, 0.2) is 0 Å². The van der Waals surface area contributed by atoms with Gasteiger partial charge in [-0.15, -0.1) is 0 Å². The largest absolute Gasteiger partial charge is 0.481 e. The van der Waals surface area contributed by atoms with Gasteiger partial charge in [0.05, 0.1) is 45.7 Å². The first kappa shape index (κ1) is 70.7.